The molecule has 1 aromatic carbocycles. The van der Waals surface area contributed by atoms with Crippen LogP contribution in [0.5, 0.6) is 0 Å². The molecule has 2 aromatic rings. The first kappa shape index (κ1) is 12.1. The molecule has 0 amide bonds. The molecule has 0 bridgehead atoms. The average Bonchev–Trinajstić information content (AvgIpc) is 2.82. The summed E-state index contributed by atoms with van der Waals surface area (Å²) in [4.78, 5) is 4.12. The van der Waals surface area contributed by atoms with Gasteiger partial charge in [-0.2, -0.15) is 0 Å². The molecule has 1 heterocycles. The molecule has 0 aliphatic carbocycles. The van der Waals surface area contributed by atoms with Crippen molar-refractivity contribution in [3.8, 4) is 0 Å². The van der Waals surface area contributed by atoms with Gasteiger partial charge in [0.25, 0.3) is 0 Å². The van der Waals surface area contributed by atoms with Crippen molar-refractivity contribution < 1.29 is 4.42 Å². The first-order valence-electron chi connectivity index (χ1n) is 5.95. The molecule has 3 N–H and O–H groups in total. The number of rotatable bonds is 5. The van der Waals surface area contributed by atoms with Gasteiger partial charge < -0.3 is 15.5 Å². The summed E-state index contributed by atoms with van der Waals surface area (Å²) in [6, 6.07) is 6.44. The number of nitrogens with zero attached hydrogens (tertiary/aromatic N) is 1. The minimum atomic E-state index is 0.308. The van der Waals surface area contributed by atoms with E-state index in [1.165, 1.54) is 12.0 Å². The van der Waals surface area contributed by atoms with Crippen LogP contribution in [0.15, 0.2) is 29.0 Å². The minimum Gasteiger partial charge on any atom is -0.443 e. The predicted molar refractivity (Wildman–Crippen MR) is 68.6 cm³/mol. The molecule has 0 spiro atoms. The maximum absolute atomic E-state index is 5.67. The Labute approximate surface area is 101 Å². The van der Waals surface area contributed by atoms with Crippen molar-refractivity contribution in [3.63, 3.8) is 0 Å². The molecule has 2 rings (SSSR count). The first-order chi connectivity index (χ1) is 8.24. The number of aromatic nitrogens is 1. The lowest BCUT2D eigenvalue weighted by atomic mass is 9.96. The van der Waals surface area contributed by atoms with Crippen LogP contribution in [0.25, 0.3) is 11.1 Å². The zero-order valence-corrected chi connectivity index (χ0v) is 10.3. The molecule has 0 radical (unpaired) electrons. The summed E-state index contributed by atoms with van der Waals surface area (Å²) in [5, 5.41) is 3.32. The Morgan fingerprint density at radius 3 is 3.00 bits per heavy atom. The van der Waals surface area contributed by atoms with E-state index in [2.05, 4.69) is 23.3 Å². The number of benzene rings is 1. The Balaban J connectivity index is 2.23. The standard InChI is InChI=1S/C13H19N3O/c1-9(7-14)5-12(15-2)10-3-4-11-13(6-10)17-8-16-11/h3-4,6,8-9,12,15H,5,7,14H2,1-2H3. The molecule has 0 saturated carbocycles. The first-order valence-corrected chi connectivity index (χ1v) is 5.95. The summed E-state index contributed by atoms with van der Waals surface area (Å²) >= 11 is 0. The SMILES string of the molecule is CNC(CC(C)CN)c1ccc2ncoc2c1. The summed E-state index contributed by atoms with van der Waals surface area (Å²) in [6.07, 6.45) is 2.50. The molecule has 92 valence electrons. The Hall–Kier alpha value is -1.39. The van der Waals surface area contributed by atoms with E-state index in [1.54, 1.807) is 0 Å². The normalized spacial score (nSPS) is 15.0. The molecule has 2 atom stereocenters. The summed E-state index contributed by atoms with van der Waals surface area (Å²) in [6.45, 7) is 2.88. The molecule has 0 fully saturated rings. The fraction of sp³-hybridized carbons (Fsp3) is 0.462. The van der Waals surface area contributed by atoms with E-state index < -0.39 is 0 Å². The largest absolute Gasteiger partial charge is 0.443 e. The highest BCUT2D eigenvalue weighted by Crippen LogP contribution is 2.24. The van der Waals surface area contributed by atoms with Crippen LogP contribution in [0.1, 0.15) is 24.9 Å². The van der Waals surface area contributed by atoms with E-state index in [0.29, 0.717) is 18.5 Å². The lowest BCUT2D eigenvalue weighted by Gasteiger charge is -2.19. The Bertz CT molecular complexity index is 480. The number of nitrogens with two attached hydrogens (primary N) is 1. The number of hydrogen-bond donors (Lipinski definition) is 2. The summed E-state index contributed by atoms with van der Waals surface area (Å²) in [5.41, 5.74) is 8.63. The molecule has 4 heteroatoms. The second kappa shape index (κ2) is 5.29. The van der Waals surface area contributed by atoms with Crippen LogP contribution in [0.2, 0.25) is 0 Å². The van der Waals surface area contributed by atoms with E-state index in [4.69, 9.17) is 10.2 Å². The van der Waals surface area contributed by atoms with Crippen LogP contribution < -0.4 is 11.1 Å². The highest BCUT2D eigenvalue weighted by Gasteiger charge is 2.13. The molecular weight excluding hydrogens is 214 g/mol. The van der Waals surface area contributed by atoms with Crippen LogP contribution in [-0.4, -0.2) is 18.6 Å². The molecule has 0 aliphatic heterocycles. The second-order valence-corrected chi connectivity index (χ2v) is 4.50. The zero-order valence-electron chi connectivity index (χ0n) is 10.3. The van der Waals surface area contributed by atoms with E-state index in [0.717, 1.165) is 17.5 Å². The Morgan fingerprint density at radius 1 is 1.47 bits per heavy atom. The van der Waals surface area contributed by atoms with E-state index in [-0.39, 0.29) is 0 Å². The smallest absolute Gasteiger partial charge is 0.181 e. The number of nitrogens with one attached hydrogen (secondary N) is 1. The van der Waals surface area contributed by atoms with Crippen LogP contribution >= 0.6 is 0 Å². The van der Waals surface area contributed by atoms with Crippen molar-refractivity contribution in [1.29, 1.82) is 0 Å². The maximum Gasteiger partial charge on any atom is 0.181 e. The van der Waals surface area contributed by atoms with Crippen LogP contribution in [0, 0.1) is 5.92 Å². The molecule has 1 aromatic heterocycles. The molecule has 17 heavy (non-hydrogen) atoms. The van der Waals surface area contributed by atoms with Crippen molar-refractivity contribution in [2.45, 2.75) is 19.4 Å². The van der Waals surface area contributed by atoms with Gasteiger partial charge in [0.1, 0.15) is 5.52 Å². The van der Waals surface area contributed by atoms with Crippen LogP contribution in [0.4, 0.5) is 0 Å². The summed E-state index contributed by atoms with van der Waals surface area (Å²) < 4.78 is 5.32. The quantitative estimate of drug-likeness (QED) is 0.829. The van der Waals surface area contributed by atoms with Gasteiger partial charge in [0, 0.05) is 6.04 Å². The van der Waals surface area contributed by atoms with Gasteiger partial charge in [-0.3, -0.25) is 0 Å². The molecule has 2 unspecified atom stereocenters. The highest BCUT2D eigenvalue weighted by atomic mass is 16.3. The molecule has 0 aliphatic rings. The molecular formula is C13H19N3O. The lowest BCUT2D eigenvalue weighted by molar-refractivity contribution is 0.437. The second-order valence-electron chi connectivity index (χ2n) is 4.50. The topological polar surface area (TPSA) is 64.1 Å². The van der Waals surface area contributed by atoms with E-state index >= 15 is 0 Å². The van der Waals surface area contributed by atoms with Crippen molar-refractivity contribution in [3.05, 3.63) is 30.2 Å². The van der Waals surface area contributed by atoms with Crippen molar-refractivity contribution >= 4 is 11.1 Å². The molecule has 0 saturated heterocycles. The van der Waals surface area contributed by atoms with Gasteiger partial charge >= 0.3 is 0 Å². The van der Waals surface area contributed by atoms with Crippen LogP contribution in [0.3, 0.4) is 0 Å². The van der Waals surface area contributed by atoms with E-state index in [1.807, 2.05) is 19.2 Å². The monoisotopic (exact) mass is 233 g/mol. The lowest BCUT2D eigenvalue weighted by Crippen LogP contribution is -2.22. The van der Waals surface area contributed by atoms with Gasteiger partial charge in [-0.25, -0.2) is 4.98 Å². The number of hydrogen-bond acceptors (Lipinski definition) is 4. The van der Waals surface area contributed by atoms with Crippen LogP contribution in [-0.2, 0) is 0 Å². The van der Waals surface area contributed by atoms with Gasteiger partial charge in [-0.05, 0) is 43.6 Å². The van der Waals surface area contributed by atoms with Gasteiger partial charge in [-0.15, -0.1) is 0 Å². The van der Waals surface area contributed by atoms with Gasteiger partial charge in [0.05, 0.1) is 0 Å². The highest BCUT2D eigenvalue weighted by molar-refractivity contribution is 5.72. The maximum atomic E-state index is 5.67. The van der Waals surface area contributed by atoms with Crippen molar-refractivity contribution in [2.75, 3.05) is 13.6 Å². The van der Waals surface area contributed by atoms with E-state index in [9.17, 15) is 0 Å². The average molecular weight is 233 g/mol. The summed E-state index contributed by atoms with van der Waals surface area (Å²) in [5.74, 6) is 0.498. The van der Waals surface area contributed by atoms with Gasteiger partial charge in [-0.1, -0.05) is 13.0 Å². The zero-order chi connectivity index (χ0) is 12.3. The number of fused-ring (bicyclic) bond motifs is 1. The fourth-order valence-electron chi connectivity index (χ4n) is 2.01. The third-order valence-electron chi connectivity index (χ3n) is 3.15. The van der Waals surface area contributed by atoms with Gasteiger partial charge in [0.15, 0.2) is 12.0 Å². The molecule has 4 nitrogen and oxygen atoms in total. The van der Waals surface area contributed by atoms with Crippen molar-refractivity contribution in [2.24, 2.45) is 11.7 Å². The predicted octanol–water partition coefficient (Wildman–Crippen LogP) is 2.07. The Kier molecular flexibility index (Phi) is 3.76. The third-order valence-corrected chi connectivity index (χ3v) is 3.15. The fourth-order valence-corrected chi connectivity index (χ4v) is 2.01. The number of oxazole rings is 1. The van der Waals surface area contributed by atoms with Gasteiger partial charge in [0.2, 0.25) is 0 Å². The summed E-state index contributed by atoms with van der Waals surface area (Å²) in [7, 11) is 1.97. The third kappa shape index (κ3) is 2.65. The van der Waals surface area contributed by atoms with Crippen molar-refractivity contribution in [1.82, 2.24) is 10.3 Å². The Morgan fingerprint density at radius 2 is 2.29 bits per heavy atom. The minimum absolute atomic E-state index is 0.308.